The molecule has 0 N–H and O–H groups in total. The third kappa shape index (κ3) is 3.38. The number of carbonyl (C=O) groups excluding carboxylic acids is 1. The van der Waals surface area contributed by atoms with Crippen molar-refractivity contribution in [2.45, 2.75) is 32.7 Å². The Bertz CT molecular complexity index is 798. The molecule has 0 bridgehead atoms. The quantitative estimate of drug-likeness (QED) is 0.836. The first kappa shape index (κ1) is 16.5. The molecular weight excluding hydrogens is 334 g/mol. The first-order valence-corrected chi connectivity index (χ1v) is 9.67. The fourth-order valence-electron chi connectivity index (χ4n) is 3.53. The second-order valence-corrected chi connectivity index (χ2v) is 8.18. The summed E-state index contributed by atoms with van der Waals surface area (Å²) in [6.07, 6.45) is 3.44. The molecule has 1 aromatic heterocycles. The van der Waals surface area contributed by atoms with Crippen LogP contribution in [-0.4, -0.2) is 31.1 Å². The zero-order valence-electron chi connectivity index (χ0n) is 14.7. The smallest absolute Gasteiger partial charge is 0.263 e. The number of hydrogen-bond acceptors (Lipinski definition) is 4. The number of fused-ring (bicyclic) bond motifs is 2. The van der Waals surface area contributed by atoms with Gasteiger partial charge in [-0.15, -0.1) is 11.3 Å². The number of ether oxygens (including phenoxy) is 2. The average Bonchev–Trinajstić information content (AvgIpc) is 3.04. The van der Waals surface area contributed by atoms with Crippen molar-refractivity contribution >= 4 is 17.2 Å². The maximum atomic E-state index is 12.8. The van der Waals surface area contributed by atoms with Crippen LogP contribution in [0.3, 0.4) is 0 Å². The van der Waals surface area contributed by atoms with Gasteiger partial charge in [-0.3, -0.25) is 4.79 Å². The second-order valence-electron chi connectivity index (χ2n) is 7.05. The van der Waals surface area contributed by atoms with Crippen molar-refractivity contribution in [3.05, 3.63) is 45.1 Å². The number of nitrogens with zero attached hydrogens (tertiary/aromatic N) is 1. The Morgan fingerprint density at radius 1 is 1.24 bits per heavy atom. The number of thiophene rings is 1. The summed E-state index contributed by atoms with van der Waals surface area (Å²) in [5, 5.41) is 0. The molecule has 0 saturated heterocycles. The maximum Gasteiger partial charge on any atom is 0.263 e. The van der Waals surface area contributed by atoms with Gasteiger partial charge in [0.15, 0.2) is 11.5 Å². The molecule has 0 fully saturated rings. The summed E-state index contributed by atoms with van der Waals surface area (Å²) in [5.74, 6) is 2.37. The molecule has 1 amide bonds. The number of hydrogen-bond donors (Lipinski definition) is 0. The first-order valence-electron chi connectivity index (χ1n) is 8.85. The van der Waals surface area contributed by atoms with E-state index < -0.39 is 0 Å². The van der Waals surface area contributed by atoms with Crippen molar-refractivity contribution in [3.63, 3.8) is 0 Å². The standard InChI is InChI=1S/C20H23NO3S/c1-13-3-6-18-15(9-13)11-19(25-18)20(22)21(2)12-14-4-5-16-17(10-14)24-8-7-23-16/h4-5,10-11,13H,3,6-9,12H2,1-2H3. The van der Waals surface area contributed by atoms with Gasteiger partial charge in [0.05, 0.1) is 4.88 Å². The normalized spacial score (nSPS) is 18.6. The van der Waals surface area contributed by atoms with E-state index in [9.17, 15) is 4.79 Å². The number of benzene rings is 1. The van der Waals surface area contributed by atoms with Crippen molar-refractivity contribution in [1.82, 2.24) is 4.90 Å². The van der Waals surface area contributed by atoms with E-state index in [-0.39, 0.29) is 5.91 Å². The maximum absolute atomic E-state index is 12.8. The minimum absolute atomic E-state index is 0.0990. The Balaban J connectivity index is 1.47. The van der Waals surface area contributed by atoms with Gasteiger partial charge in [0.25, 0.3) is 5.91 Å². The minimum Gasteiger partial charge on any atom is -0.486 e. The second kappa shape index (κ2) is 6.71. The molecule has 2 heterocycles. The summed E-state index contributed by atoms with van der Waals surface area (Å²) in [5.41, 5.74) is 2.43. The highest BCUT2D eigenvalue weighted by Gasteiger charge is 2.22. The molecule has 4 rings (SSSR count). The number of carbonyl (C=O) groups is 1. The van der Waals surface area contributed by atoms with Crippen LogP contribution >= 0.6 is 11.3 Å². The van der Waals surface area contributed by atoms with Gasteiger partial charge in [-0.2, -0.15) is 0 Å². The number of aryl methyl sites for hydroxylation is 1. The van der Waals surface area contributed by atoms with E-state index in [1.165, 1.54) is 16.9 Å². The van der Waals surface area contributed by atoms with E-state index in [1.807, 2.05) is 25.2 Å². The monoisotopic (exact) mass is 357 g/mol. The van der Waals surface area contributed by atoms with Crippen LogP contribution in [-0.2, 0) is 19.4 Å². The van der Waals surface area contributed by atoms with Crippen LogP contribution in [0.4, 0.5) is 0 Å². The Hall–Kier alpha value is -2.01. The minimum atomic E-state index is 0.0990. The molecule has 4 nitrogen and oxygen atoms in total. The lowest BCUT2D eigenvalue weighted by Crippen LogP contribution is -2.25. The fourth-order valence-corrected chi connectivity index (χ4v) is 4.73. The Kier molecular flexibility index (Phi) is 4.42. The molecule has 0 spiro atoms. The van der Waals surface area contributed by atoms with Gasteiger partial charge in [0, 0.05) is 18.5 Å². The van der Waals surface area contributed by atoms with Gasteiger partial charge in [0.1, 0.15) is 13.2 Å². The van der Waals surface area contributed by atoms with Crippen molar-refractivity contribution in [1.29, 1.82) is 0 Å². The Morgan fingerprint density at radius 2 is 2.04 bits per heavy atom. The summed E-state index contributed by atoms with van der Waals surface area (Å²) >= 11 is 1.67. The Morgan fingerprint density at radius 3 is 2.88 bits per heavy atom. The van der Waals surface area contributed by atoms with Crippen molar-refractivity contribution in [2.24, 2.45) is 5.92 Å². The van der Waals surface area contributed by atoms with Crippen LogP contribution in [0.1, 0.15) is 39.0 Å². The van der Waals surface area contributed by atoms with E-state index in [0.717, 1.165) is 40.7 Å². The largest absolute Gasteiger partial charge is 0.486 e. The fraction of sp³-hybridized carbons (Fsp3) is 0.450. The van der Waals surface area contributed by atoms with Crippen LogP contribution in [0.5, 0.6) is 11.5 Å². The molecule has 5 heteroatoms. The number of rotatable bonds is 3. The number of amides is 1. The predicted molar refractivity (Wildman–Crippen MR) is 98.7 cm³/mol. The van der Waals surface area contributed by atoms with E-state index in [0.29, 0.717) is 19.8 Å². The van der Waals surface area contributed by atoms with Crippen LogP contribution in [0.25, 0.3) is 0 Å². The average molecular weight is 357 g/mol. The van der Waals surface area contributed by atoms with Crippen molar-refractivity contribution < 1.29 is 14.3 Å². The SMILES string of the molecule is CC1CCc2sc(C(=O)N(C)Cc3ccc4c(c3)OCCO4)cc2C1. The molecule has 1 atom stereocenters. The molecule has 1 aromatic carbocycles. The van der Waals surface area contributed by atoms with Gasteiger partial charge in [-0.05, 0) is 54.5 Å². The van der Waals surface area contributed by atoms with Crippen LogP contribution in [0, 0.1) is 5.92 Å². The summed E-state index contributed by atoms with van der Waals surface area (Å²) < 4.78 is 11.2. The predicted octanol–water partition coefficient (Wildman–Crippen LogP) is 3.92. The highest BCUT2D eigenvalue weighted by Crippen LogP contribution is 2.33. The molecule has 1 unspecified atom stereocenters. The summed E-state index contributed by atoms with van der Waals surface area (Å²) in [6, 6.07) is 8.00. The molecule has 0 saturated carbocycles. The molecular formula is C20H23NO3S. The molecule has 1 aliphatic carbocycles. The highest BCUT2D eigenvalue weighted by atomic mass is 32.1. The molecule has 0 radical (unpaired) electrons. The first-order chi connectivity index (χ1) is 12.1. The lowest BCUT2D eigenvalue weighted by molar-refractivity contribution is 0.0789. The van der Waals surface area contributed by atoms with E-state index in [4.69, 9.17) is 9.47 Å². The zero-order chi connectivity index (χ0) is 17.4. The van der Waals surface area contributed by atoms with Crippen molar-refractivity contribution in [3.8, 4) is 11.5 Å². The zero-order valence-corrected chi connectivity index (χ0v) is 15.5. The van der Waals surface area contributed by atoms with E-state index in [1.54, 1.807) is 16.2 Å². The lowest BCUT2D eigenvalue weighted by atomic mass is 9.90. The van der Waals surface area contributed by atoms with Crippen LogP contribution in [0.15, 0.2) is 24.3 Å². The van der Waals surface area contributed by atoms with Gasteiger partial charge in [-0.25, -0.2) is 0 Å². The lowest BCUT2D eigenvalue weighted by Gasteiger charge is -2.21. The third-order valence-electron chi connectivity index (χ3n) is 4.91. The van der Waals surface area contributed by atoms with E-state index >= 15 is 0 Å². The molecule has 2 aliphatic rings. The topological polar surface area (TPSA) is 38.8 Å². The summed E-state index contributed by atoms with van der Waals surface area (Å²) in [6.45, 7) is 4.02. The Labute approximate surface area is 152 Å². The van der Waals surface area contributed by atoms with Gasteiger partial charge < -0.3 is 14.4 Å². The third-order valence-corrected chi connectivity index (χ3v) is 6.14. The van der Waals surface area contributed by atoms with Gasteiger partial charge >= 0.3 is 0 Å². The van der Waals surface area contributed by atoms with Crippen LogP contribution < -0.4 is 9.47 Å². The molecule has 132 valence electrons. The van der Waals surface area contributed by atoms with Gasteiger partial charge in [-0.1, -0.05) is 13.0 Å². The summed E-state index contributed by atoms with van der Waals surface area (Å²) in [4.78, 5) is 16.9. The molecule has 25 heavy (non-hydrogen) atoms. The van der Waals surface area contributed by atoms with E-state index in [2.05, 4.69) is 13.0 Å². The van der Waals surface area contributed by atoms with Crippen LogP contribution in [0.2, 0.25) is 0 Å². The highest BCUT2D eigenvalue weighted by molar-refractivity contribution is 7.14. The van der Waals surface area contributed by atoms with Crippen molar-refractivity contribution in [2.75, 3.05) is 20.3 Å². The molecule has 2 aromatic rings. The summed E-state index contributed by atoms with van der Waals surface area (Å²) in [7, 11) is 1.86. The van der Waals surface area contributed by atoms with Gasteiger partial charge in [0.2, 0.25) is 0 Å². The molecule has 1 aliphatic heterocycles.